The molecule has 26 heavy (non-hydrogen) atoms. The zero-order chi connectivity index (χ0) is 17.5. The molecule has 5 nitrogen and oxygen atoms in total. The van der Waals surface area contributed by atoms with Crippen molar-refractivity contribution in [1.82, 2.24) is 9.88 Å². The number of carbonyl (C=O) groups is 1. The number of rotatable bonds is 3. The van der Waals surface area contributed by atoms with Crippen LogP contribution in [0.2, 0.25) is 0 Å². The second kappa shape index (κ2) is 5.81. The topological polar surface area (TPSA) is 61.3 Å². The summed E-state index contributed by atoms with van der Waals surface area (Å²) in [5, 5.41) is 4.63. The quantitative estimate of drug-likeness (QED) is 0.575. The van der Waals surface area contributed by atoms with Crippen molar-refractivity contribution in [2.45, 2.75) is 12.7 Å². The molecule has 2 N–H and O–H groups in total. The maximum Gasteiger partial charge on any atom is 0.258 e. The normalized spacial score (nSPS) is 16.5. The van der Waals surface area contributed by atoms with Crippen molar-refractivity contribution in [3.63, 3.8) is 0 Å². The Labute approximate surface area is 150 Å². The number of amides is 1. The van der Waals surface area contributed by atoms with E-state index < -0.39 is 0 Å². The predicted octanol–water partition coefficient (Wildman–Crippen LogP) is 4.53. The van der Waals surface area contributed by atoms with Crippen molar-refractivity contribution in [3.8, 4) is 0 Å². The number of hydrogen-bond acceptors (Lipinski definition) is 3. The zero-order valence-electron chi connectivity index (χ0n) is 14.0. The highest BCUT2D eigenvalue weighted by Gasteiger charge is 2.34. The van der Waals surface area contributed by atoms with E-state index in [4.69, 9.17) is 4.42 Å². The van der Waals surface area contributed by atoms with Crippen molar-refractivity contribution < 1.29 is 9.21 Å². The van der Waals surface area contributed by atoms with E-state index in [-0.39, 0.29) is 12.1 Å². The average molecular weight is 343 g/mol. The fraction of sp³-hybridized carbons (Fsp3) is 0.0952. The van der Waals surface area contributed by atoms with E-state index in [1.54, 1.807) is 6.26 Å². The van der Waals surface area contributed by atoms with Gasteiger partial charge in [-0.2, -0.15) is 0 Å². The van der Waals surface area contributed by atoms with Gasteiger partial charge in [-0.25, -0.2) is 0 Å². The highest BCUT2D eigenvalue weighted by atomic mass is 16.3. The summed E-state index contributed by atoms with van der Waals surface area (Å²) in [4.78, 5) is 18.3. The van der Waals surface area contributed by atoms with Gasteiger partial charge in [-0.05, 0) is 30.3 Å². The summed E-state index contributed by atoms with van der Waals surface area (Å²) in [6.45, 7) is 0.400. The molecule has 1 atom stereocenters. The highest BCUT2D eigenvalue weighted by Crippen LogP contribution is 2.36. The molecule has 0 aliphatic carbocycles. The number of nitrogens with zero attached hydrogens (tertiary/aromatic N) is 1. The van der Waals surface area contributed by atoms with Crippen molar-refractivity contribution in [2.75, 3.05) is 5.32 Å². The first-order valence-electron chi connectivity index (χ1n) is 8.56. The minimum Gasteiger partial charge on any atom is -0.467 e. The molecule has 0 bridgehead atoms. The Balaban J connectivity index is 1.64. The molecule has 3 heterocycles. The van der Waals surface area contributed by atoms with Gasteiger partial charge < -0.3 is 19.6 Å². The minimum absolute atomic E-state index is 0.00830. The van der Waals surface area contributed by atoms with Gasteiger partial charge in [0.15, 0.2) is 0 Å². The summed E-state index contributed by atoms with van der Waals surface area (Å²) in [7, 11) is 0. The standard InChI is InChI=1S/C21H17N3O2/c25-21-16-8-2-4-10-19(16)23-20(24(21)13-14-6-5-11-26-14)17-12-22-18-9-3-1-7-15(17)18/h1-12,20,22-23H,13H2. The van der Waals surface area contributed by atoms with Crippen molar-refractivity contribution in [3.05, 3.63) is 90.0 Å². The molecule has 1 aliphatic rings. The molecule has 1 aliphatic heterocycles. The Morgan fingerprint density at radius 3 is 2.73 bits per heavy atom. The number of furan rings is 1. The fourth-order valence-corrected chi connectivity index (χ4v) is 3.59. The molecule has 1 unspecified atom stereocenters. The van der Waals surface area contributed by atoms with Gasteiger partial charge >= 0.3 is 0 Å². The first-order valence-corrected chi connectivity index (χ1v) is 8.56. The zero-order valence-corrected chi connectivity index (χ0v) is 14.0. The molecule has 128 valence electrons. The monoisotopic (exact) mass is 343 g/mol. The van der Waals surface area contributed by atoms with Gasteiger partial charge in [-0.1, -0.05) is 30.3 Å². The third-order valence-electron chi connectivity index (χ3n) is 4.84. The van der Waals surface area contributed by atoms with E-state index in [0.717, 1.165) is 27.9 Å². The van der Waals surface area contributed by atoms with E-state index in [0.29, 0.717) is 12.1 Å². The van der Waals surface area contributed by atoms with Gasteiger partial charge in [-0.3, -0.25) is 4.79 Å². The maximum absolute atomic E-state index is 13.2. The van der Waals surface area contributed by atoms with Gasteiger partial charge in [0, 0.05) is 28.4 Å². The fourth-order valence-electron chi connectivity index (χ4n) is 3.59. The largest absolute Gasteiger partial charge is 0.467 e. The molecule has 2 aromatic carbocycles. The summed E-state index contributed by atoms with van der Waals surface area (Å²) in [5.74, 6) is 0.746. The maximum atomic E-state index is 13.2. The van der Waals surface area contributed by atoms with E-state index >= 15 is 0 Å². The Bertz CT molecular complexity index is 1080. The third kappa shape index (κ3) is 2.29. The molecule has 4 aromatic rings. The molecule has 1 amide bonds. The van der Waals surface area contributed by atoms with Crippen LogP contribution in [0.15, 0.2) is 77.5 Å². The molecular weight excluding hydrogens is 326 g/mol. The van der Waals surface area contributed by atoms with Gasteiger partial charge in [0.1, 0.15) is 11.9 Å². The average Bonchev–Trinajstić information content (AvgIpc) is 3.34. The van der Waals surface area contributed by atoms with Crippen LogP contribution in [0.25, 0.3) is 10.9 Å². The number of anilines is 1. The second-order valence-corrected chi connectivity index (χ2v) is 6.39. The molecule has 0 spiro atoms. The summed E-state index contributed by atoms with van der Waals surface area (Å²) < 4.78 is 5.50. The molecule has 0 saturated heterocycles. The lowest BCUT2D eigenvalue weighted by molar-refractivity contribution is 0.0653. The lowest BCUT2D eigenvalue weighted by Crippen LogP contribution is -2.42. The van der Waals surface area contributed by atoms with E-state index in [1.165, 1.54) is 0 Å². The summed E-state index contributed by atoms with van der Waals surface area (Å²) >= 11 is 0. The summed E-state index contributed by atoms with van der Waals surface area (Å²) in [6.07, 6.45) is 3.32. The van der Waals surface area contributed by atoms with E-state index in [2.05, 4.69) is 16.4 Å². The first-order chi connectivity index (χ1) is 12.8. The highest BCUT2D eigenvalue weighted by molar-refractivity contribution is 6.02. The molecule has 0 radical (unpaired) electrons. The number of H-pyrrole nitrogens is 1. The molecular formula is C21H17N3O2. The lowest BCUT2D eigenvalue weighted by Gasteiger charge is -2.37. The predicted molar refractivity (Wildman–Crippen MR) is 99.7 cm³/mol. The molecule has 5 rings (SSSR count). The van der Waals surface area contributed by atoms with Crippen molar-refractivity contribution in [1.29, 1.82) is 0 Å². The van der Waals surface area contributed by atoms with Crippen LogP contribution in [0, 0.1) is 0 Å². The summed E-state index contributed by atoms with van der Waals surface area (Å²) in [6, 6.07) is 19.5. The van der Waals surface area contributed by atoms with Crippen LogP contribution < -0.4 is 5.32 Å². The van der Waals surface area contributed by atoms with Crippen LogP contribution in [-0.2, 0) is 6.54 Å². The van der Waals surface area contributed by atoms with Crippen molar-refractivity contribution in [2.24, 2.45) is 0 Å². The number of aromatic amines is 1. The Morgan fingerprint density at radius 1 is 1.00 bits per heavy atom. The number of benzene rings is 2. The first kappa shape index (κ1) is 14.8. The number of carbonyl (C=O) groups excluding carboxylic acids is 1. The number of nitrogens with one attached hydrogen (secondary N) is 2. The molecule has 5 heteroatoms. The third-order valence-corrected chi connectivity index (χ3v) is 4.84. The van der Waals surface area contributed by atoms with Crippen LogP contribution in [0.4, 0.5) is 5.69 Å². The van der Waals surface area contributed by atoms with E-state index in [1.807, 2.05) is 65.7 Å². The second-order valence-electron chi connectivity index (χ2n) is 6.39. The van der Waals surface area contributed by atoms with Gasteiger partial charge in [-0.15, -0.1) is 0 Å². The SMILES string of the molecule is O=C1c2ccccc2NC(c2c[nH]c3ccccc23)N1Cc1ccco1. The number of hydrogen-bond donors (Lipinski definition) is 2. The van der Waals surface area contributed by atoms with Crippen LogP contribution >= 0.6 is 0 Å². The molecule has 0 fully saturated rings. The number of aromatic nitrogens is 1. The lowest BCUT2D eigenvalue weighted by atomic mass is 10.0. The van der Waals surface area contributed by atoms with Crippen molar-refractivity contribution >= 4 is 22.5 Å². The smallest absolute Gasteiger partial charge is 0.258 e. The van der Waals surface area contributed by atoms with E-state index in [9.17, 15) is 4.79 Å². The number of para-hydroxylation sites is 2. The number of fused-ring (bicyclic) bond motifs is 2. The van der Waals surface area contributed by atoms with Crippen LogP contribution in [0.5, 0.6) is 0 Å². The Morgan fingerprint density at radius 2 is 1.85 bits per heavy atom. The minimum atomic E-state index is -0.279. The van der Waals surface area contributed by atoms with Gasteiger partial charge in [0.05, 0.1) is 18.4 Å². The van der Waals surface area contributed by atoms with Gasteiger partial charge in [0.2, 0.25) is 0 Å². The Hall–Kier alpha value is -3.47. The van der Waals surface area contributed by atoms with Crippen LogP contribution in [-0.4, -0.2) is 15.8 Å². The molecule has 2 aromatic heterocycles. The van der Waals surface area contributed by atoms with Crippen LogP contribution in [0.1, 0.15) is 27.8 Å². The summed E-state index contributed by atoms with van der Waals surface area (Å²) in [5.41, 5.74) is 3.61. The molecule has 0 saturated carbocycles. The Kier molecular flexibility index (Phi) is 3.31. The van der Waals surface area contributed by atoms with Crippen LogP contribution in [0.3, 0.4) is 0 Å². The van der Waals surface area contributed by atoms with Gasteiger partial charge in [0.25, 0.3) is 5.91 Å².